The molecule has 3 heterocycles. The van der Waals surface area contributed by atoms with Crippen LogP contribution in [-0.4, -0.2) is 45.3 Å². The number of amides is 1. The van der Waals surface area contributed by atoms with E-state index in [1.807, 2.05) is 29.0 Å². The van der Waals surface area contributed by atoms with Crippen molar-refractivity contribution in [2.75, 3.05) is 23.7 Å². The zero-order valence-electron chi connectivity index (χ0n) is 17.4. The van der Waals surface area contributed by atoms with Crippen LogP contribution in [0.25, 0.3) is 5.69 Å². The number of aromatic nitrogens is 3. The number of imidazole rings is 1. The van der Waals surface area contributed by atoms with Crippen molar-refractivity contribution in [2.45, 2.75) is 37.4 Å². The van der Waals surface area contributed by atoms with Crippen molar-refractivity contribution in [3.63, 3.8) is 0 Å². The van der Waals surface area contributed by atoms with Crippen LogP contribution in [0.3, 0.4) is 0 Å². The third-order valence-electron chi connectivity index (χ3n) is 5.30. The molecule has 0 bridgehead atoms. The van der Waals surface area contributed by atoms with Crippen LogP contribution in [-0.2, 0) is 4.79 Å². The van der Waals surface area contributed by atoms with Gasteiger partial charge in [0.05, 0.1) is 5.75 Å². The molecule has 2 aromatic heterocycles. The predicted molar refractivity (Wildman–Crippen MR) is 121 cm³/mol. The minimum atomic E-state index is 0.0394. The molecule has 6 nitrogen and oxygen atoms in total. The molecule has 1 aliphatic heterocycles. The summed E-state index contributed by atoms with van der Waals surface area (Å²) in [5.74, 6) is 1.86. The Morgan fingerprint density at radius 3 is 2.73 bits per heavy atom. The Balaban J connectivity index is 1.30. The number of benzene rings is 1. The van der Waals surface area contributed by atoms with E-state index in [0.717, 1.165) is 36.2 Å². The number of carbonyl (C=O) groups is 1. The lowest BCUT2D eigenvalue weighted by atomic mass is 10.0. The summed E-state index contributed by atoms with van der Waals surface area (Å²) in [5, 5.41) is 3.98. The number of carbonyl (C=O) groups excluding carboxylic acids is 1. The van der Waals surface area contributed by atoms with Crippen molar-refractivity contribution < 1.29 is 4.79 Å². The van der Waals surface area contributed by atoms with E-state index in [9.17, 15) is 4.79 Å². The van der Waals surface area contributed by atoms with Crippen LogP contribution in [0.4, 0.5) is 5.82 Å². The minimum absolute atomic E-state index is 0.0394. The number of nitrogens with one attached hydrogen (secondary N) is 1. The molecule has 0 saturated carbocycles. The first-order valence-corrected chi connectivity index (χ1v) is 11.3. The molecule has 3 aromatic rings. The van der Waals surface area contributed by atoms with Crippen molar-refractivity contribution in [3.05, 3.63) is 66.6 Å². The number of nitrogens with zero attached hydrogens (tertiary/aromatic N) is 4. The maximum Gasteiger partial charge on any atom is 0.230 e. The summed E-state index contributed by atoms with van der Waals surface area (Å²) in [4.78, 5) is 23.5. The van der Waals surface area contributed by atoms with Gasteiger partial charge >= 0.3 is 0 Å². The summed E-state index contributed by atoms with van der Waals surface area (Å²) in [6.07, 6.45) is 6.45. The fourth-order valence-electron chi connectivity index (χ4n) is 3.64. The van der Waals surface area contributed by atoms with Crippen molar-refractivity contribution in [1.29, 1.82) is 0 Å². The molecule has 1 aromatic carbocycles. The standard InChI is InChI=1S/C23H27N5OS/c1-17(2)18-6-8-20(9-7-18)28-14-12-25-23(28)30-16-22(29)26-19-10-13-27(15-19)21-5-3-4-11-24-21/h3-9,11-12,14,17,19H,10,13,15-16H2,1-2H3,(H,26,29). The van der Waals surface area contributed by atoms with Gasteiger partial charge in [-0.2, -0.15) is 0 Å². The topological polar surface area (TPSA) is 63.1 Å². The van der Waals surface area contributed by atoms with E-state index in [-0.39, 0.29) is 11.9 Å². The lowest BCUT2D eigenvalue weighted by molar-refractivity contribution is -0.119. The zero-order valence-corrected chi connectivity index (χ0v) is 18.2. The van der Waals surface area contributed by atoms with Crippen LogP contribution >= 0.6 is 11.8 Å². The lowest BCUT2D eigenvalue weighted by Crippen LogP contribution is -2.38. The summed E-state index contributed by atoms with van der Waals surface area (Å²) >= 11 is 1.46. The van der Waals surface area contributed by atoms with Crippen molar-refractivity contribution in [2.24, 2.45) is 0 Å². The SMILES string of the molecule is CC(C)c1ccc(-n2ccnc2SCC(=O)NC2CCN(c3ccccn3)C2)cc1. The third kappa shape index (κ3) is 4.84. The molecule has 30 heavy (non-hydrogen) atoms. The molecule has 1 unspecified atom stereocenters. The first-order chi connectivity index (χ1) is 14.6. The van der Waals surface area contributed by atoms with Crippen molar-refractivity contribution >= 4 is 23.5 Å². The van der Waals surface area contributed by atoms with Crippen molar-refractivity contribution in [3.8, 4) is 5.69 Å². The molecule has 1 amide bonds. The van der Waals surface area contributed by atoms with Gasteiger partial charge in [-0.15, -0.1) is 0 Å². The van der Waals surface area contributed by atoms with E-state index in [1.54, 1.807) is 12.4 Å². The normalized spacial score (nSPS) is 16.2. The molecule has 1 fully saturated rings. The second-order valence-corrected chi connectivity index (χ2v) is 8.74. The fourth-order valence-corrected chi connectivity index (χ4v) is 4.42. The van der Waals surface area contributed by atoms with Crippen LogP contribution in [0.15, 0.2) is 66.2 Å². The Hall–Kier alpha value is -2.80. The van der Waals surface area contributed by atoms with Gasteiger partial charge in [0.2, 0.25) is 5.91 Å². The highest BCUT2D eigenvalue weighted by molar-refractivity contribution is 7.99. The molecule has 1 atom stereocenters. The molecule has 1 saturated heterocycles. The fraction of sp³-hybridized carbons (Fsp3) is 0.348. The molecule has 4 rings (SSSR count). The summed E-state index contributed by atoms with van der Waals surface area (Å²) < 4.78 is 2.03. The maximum atomic E-state index is 12.5. The average molecular weight is 422 g/mol. The molecular weight excluding hydrogens is 394 g/mol. The quantitative estimate of drug-likeness (QED) is 0.587. The number of hydrogen-bond donors (Lipinski definition) is 1. The smallest absolute Gasteiger partial charge is 0.230 e. The zero-order chi connectivity index (χ0) is 20.9. The Morgan fingerprint density at radius 2 is 2.00 bits per heavy atom. The predicted octanol–water partition coefficient (Wildman–Crippen LogP) is 3.88. The van der Waals surface area contributed by atoms with E-state index in [2.05, 4.69) is 58.3 Å². The number of hydrogen-bond acceptors (Lipinski definition) is 5. The van der Waals surface area contributed by atoms with E-state index in [0.29, 0.717) is 11.7 Å². The van der Waals surface area contributed by atoms with Gasteiger partial charge in [-0.1, -0.05) is 43.8 Å². The number of rotatable bonds is 7. The Bertz CT molecular complexity index is 971. The number of pyridine rings is 1. The van der Waals surface area contributed by atoms with Gasteiger partial charge < -0.3 is 10.2 Å². The second kappa shape index (κ2) is 9.34. The highest BCUT2D eigenvalue weighted by atomic mass is 32.2. The van der Waals surface area contributed by atoms with Crippen LogP contribution < -0.4 is 10.2 Å². The number of anilines is 1. The van der Waals surface area contributed by atoms with Crippen LogP contribution in [0, 0.1) is 0 Å². The van der Waals surface area contributed by atoms with Crippen LogP contribution in [0.5, 0.6) is 0 Å². The molecular formula is C23H27N5OS. The highest BCUT2D eigenvalue weighted by Gasteiger charge is 2.24. The second-order valence-electron chi connectivity index (χ2n) is 7.80. The Morgan fingerprint density at radius 1 is 1.17 bits per heavy atom. The summed E-state index contributed by atoms with van der Waals surface area (Å²) in [7, 11) is 0. The summed E-state index contributed by atoms with van der Waals surface area (Å²) in [5.41, 5.74) is 2.37. The van der Waals surface area contributed by atoms with Crippen molar-refractivity contribution in [1.82, 2.24) is 19.9 Å². The molecule has 156 valence electrons. The maximum absolute atomic E-state index is 12.5. The van der Waals surface area contributed by atoms with E-state index >= 15 is 0 Å². The molecule has 0 aliphatic carbocycles. The minimum Gasteiger partial charge on any atom is -0.354 e. The van der Waals surface area contributed by atoms with Gasteiger partial charge in [0.1, 0.15) is 5.82 Å². The molecule has 0 radical (unpaired) electrons. The largest absolute Gasteiger partial charge is 0.354 e. The Kier molecular flexibility index (Phi) is 6.38. The van der Waals surface area contributed by atoms with Crippen LogP contribution in [0.2, 0.25) is 0 Å². The monoisotopic (exact) mass is 421 g/mol. The van der Waals surface area contributed by atoms with Gasteiger partial charge in [-0.05, 0) is 42.2 Å². The lowest BCUT2D eigenvalue weighted by Gasteiger charge is -2.17. The van der Waals surface area contributed by atoms with Gasteiger partial charge in [0, 0.05) is 43.4 Å². The summed E-state index contributed by atoms with van der Waals surface area (Å²) in [6.45, 7) is 6.08. The van der Waals surface area contributed by atoms with Gasteiger partial charge in [0.25, 0.3) is 0 Å². The first-order valence-electron chi connectivity index (χ1n) is 10.3. The molecule has 1 N–H and O–H groups in total. The Labute approximate surface area is 181 Å². The van der Waals surface area contributed by atoms with Gasteiger partial charge in [0.15, 0.2) is 5.16 Å². The molecule has 7 heteroatoms. The van der Waals surface area contributed by atoms with E-state index < -0.39 is 0 Å². The van der Waals surface area contributed by atoms with E-state index in [4.69, 9.17) is 0 Å². The summed E-state index contributed by atoms with van der Waals surface area (Å²) in [6, 6.07) is 14.6. The van der Waals surface area contributed by atoms with E-state index in [1.165, 1.54) is 17.3 Å². The van der Waals surface area contributed by atoms with Gasteiger partial charge in [-0.25, -0.2) is 9.97 Å². The number of thioether (sulfide) groups is 1. The highest BCUT2D eigenvalue weighted by Crippen LogP contribution is 2.23. The first kappa shape index (κ1) is 20.5. The average Bonchev–Trinajstić information content (AvgIpc) is 3.42. The molecule has 1 aliphatic rings. The van der Waals surface area contributed by atoms with Gasteiger partial charge in [-0.3, -0.25) is 9.36 Å². The third-order valence-corrected chi connectivity index (χ3v) is 6.27. The molecule has 0 spiro atoms. The van der Waals surface area contributed by atoms with Crippen LogP contribution in [0.1, 0.15) is 31.7 Å².